The Morgan fingerprint density at radius 3 is 2.27 bits per heavy atom. The molecular formula is C11H17N3O. The van der Waals surface area contributed by atoms with E-state index in [9.17, 15) is 4.79 Å². The number of benzene rings is 1. The minimum Gasteiger partial charge on any atom is -0.326 e. The molecule has 4 nitrogen and oxygen atoms in total. The van der Waals surface area contributed by atoms with Crippen LogP contribution < -0.4 is 16.2 Å². The third-order valence-electron chi connectivity index (χ3n) is 2.14. The molecule has 0 aromatic heterocycles. The van der Waals surface area contributed by atoms with Gasteiger partial charge in [-0.2, -0.15) is 0 Å². The molecule has 1 amide bonds. The summed E-state index contributed by atoms with van der Waals surface area (Å²) in [4.78, 5) is 11.0. The molecule has 1 rings (SSSR count). The Morgan fingerprint density at radius 1 is 1.13 bits per heavy atom. The van der Waals surface area contributed by atoms with Crippen LogP contribution in [-0.2, 0) is 4.79 Å². The number of hydrogen-bond donors (Lipinski definition) is 3. The first-order valence-corrected chi connectivity index (χ1v) is 4.86. The van der Waals surface area contributed by atoms with E-state index in [4.69, 9.17) is 0 Å². The Balaban J connectivity index is 3.05. The number of hydrogen-bond acceptors (Lipinski definition) is 3. The van der Waals surface area contributed by atoms with Crippen LogP contribution in [0.3, 0.4) is 0 Å². The first-order valence-electron chi connectivity index (χ1n) is 4.86. The second-order valence-corrected chi connectivity index (χ2v) is 3.54. The van der Waals surface area contributed by atoms with Crippen molar-refractivity contribution in [1.29, 1.82) is 0 Å². The van der Waals surface area contributed by atoms with Gasteiger partial charge in [-0.05, 0) is 31.0 Å². The largest absolute Gasteiger partial charge is 0.326 e. The van der Waals surface area contributed by atoms with Crippen LogP contribution in [0.1, 0.15) is 18.1 Å². The molecule has 1 aromatic rings. The topological polar surface area (TPSA) is 53.2 Å². The van der Waals surface area contributed by atoms with Gasteiger partial charge in [-0.1, -0.05) is 6.07 Å². The van der Waals surface area contributed by atoms with Gasteiger partial charge in [-0.3, -0.25) is 4.79 Å². The molecule has 0 aliphatic rings. The van der Waals surface area contributed by atoms with Crippen molar-refractivity contribution in [3.8, 4) is 0 Å². The predicted molar refractivity (Wildman–Crippen MR) is 62.9 cm³/mol. The Bertz CT molecular complexity index is 374. The van der Waals surface area contributed by atoms with E-state index in [2.05, 4.69) is 16.2 Å². The summed E-state index contributed by atoms with van der Waals surface area (Å²) in [6.45, 7) is 5.50. The van der Waals surface area contributed by atoms with Gasteiger partial charge in [-0.25, -0.2) is 5.43 Å². The summed E-state index contributed by atoms with van der Waals surface area (Å²) in [5.74, 6) is -0.0580. The summed E-state index contributed by atoms with van der Waals surface area (Å²) < 4.78 is 0. The monoisotopic (exact) mass is 207 g/mol. The van der Waals surface area contributed by atoms with Crippen LogP contribution in [0.2, 0.25) is 0 Å². The van der Waals surface area contributed by atoms with Gasteiger partial charge in [0.05, 0.1) is 5.69 Å². The van der Waals surface area contributed by atoms with Gasteiger partial charge in [-0.15, -0.1) is 0 Å². The van der Waals surface area contributed by atoms with E-state index in [0.29, 0.717) is 0 Å². The van der Waals surface area contributed by atoms with Gasteiger partial charge in [0.25, 0.3) is 0 Å². The molecule has 82 valence electrons. The Morgan fingerprint density at radius 2 is 1.73 bits per heavy atom. The minimum atomic E-state index is -0.0580. The molecule has 0 heterocycles. The van der Waals surface area contributed by atoms with Crippen LogP contribution in [0, 0.1) is 13.8 Å². The second kappa shape index (κ2) is 4.79. The first-order chi connectivity index (χ1) is 7.04. The van der Waals surface area contributed by atoms with Crippen LogP contribution in [0.4, 0.5) is 11.4 Å². The lowest BCUT2D eigenvalue weighted by atomic mass is 10.1. The lowest BCUT2D eigenvalue weighted by Gasteiger charge is -2.13. The number of rotatable bonds is 3. The maximum Gasteiger partial charge on any atom is 0.221 e. The molecule has 0 saturated heterocycles. The molecule has 1 aromatic carbocycles. The standard InChI is InChI=1S/C11H17N3O/c1-7-5-8(2)11(14-12-4)6-10(7)13-9(3)15/h5-6,12,14H,1-4H3,(H,13,15). The van der Waals surface area contributed by atoms with Crippen molar-refractivity contribution in [3.05, 3.63) is 23.3 Å². The fourth-order valence-electron chi connectivity index (χ4n) is 1.45. The lowest BCUT2D eigenvalue weighted by Crippen LogP contribution is -2.16. The first kappa shape index (κ1) is 11.5. The van der Waals surface area contributed by atoms with Gasteiger partial charge in [0.15, 0.2) is 0 Å². The van der Waals surface area contributed by atoms with E-state index in [0.717, 1.165) is 22.5 Å². The highest BCUT2D eigenvalue weighted by atomic mass is 16.1. The fourth-order valence-corrected chi connectivity index (χ4v) is 1.45. The van der Waals surface area contributed by atoms with Crippen molar-refractivity contribution in [2.75, 3.05) is 17.8 Å². The van der Waals surface area contributed by atoms with Crippen LogP contribution in [0.5, 0.6) is 0 Å². The zero-order valence-electron chi connectivity index (χ0n) is 9.56. The van der Waals surface area contributed by atoms with E-state index in [-0.39, 0.29) is 5.91 Å². The number of hydrazine groups is 1. The van der Waals surface area contributed by atoms with Crippen molar-refractivity contribution < 1.29 is 4.79 Å². The van der Waals surface area contributed by atoms with Gasteiger partial charge < -0.3 is 10.7 Å². The number of aryl methyl sites for hydroxylation is 2. The molecule has 0 radical (unpaired) electrons. The SMILES string of the molecule is CNNc1cc(NC(C)=O)c(C)cc1C. The highest BCUT2D eigenvalue weighted by molar-refractivity contribution is 5.90. The average Bonchev–Trinajstić information content (AvgIpc) is 2.12. The maximum atomic E-state index is 11.0. The van der Waals surface area contributed by atoms with Crippen LogP contribution >= 0.6 is 0 Å². The highest BCUT2D eigenvalue weighted by Crippen LogP contribution is 2.23. The molecule has 0 atom stereocenters. The zero-order chi connectivity index (χ0) is 11.4. The minimum absolute atomic E-state index is 0.0580. The van der Waals surface area contributed by atoms with Gasteiger partial charge in [0.1, 0.15) is 0 Å². The molecule has 0 saturated carbocycles. The normalized spacial score (nSPS) is 9.87. The summed E-state index contributed by atoms with van der Waals surface area (Å²) in [5.41, 5.74) is 9.88. The Hall–Kier alpha value is -1.55. The fraction of sp³-hybridized carbons (Fsp3) is 0.364. The summed E-state index contributed by atoms with van der Waals surface area (Å²) in [6, 6.07) is 3.95. The van der Waals surface area contributed by atoms with Crippen molar-refractivity contribution in [2.24, 2.45) is 0 Å². The molecule has 0 fully saturated rings. The highest BCUT2D eigenvalue weighted by Gasteiger charge is 2.04. The molecule has 4 heteroatoms. The predicted octanol–water partition coefficient (Wildman–Crippen LogP) is 1.81. The van der Waals surface area contributed by atoms with Gasteiger partial charge in [0, 0.05) is 19.7 Å². The Labute approximate surface area is 90.0 Å². The van der Waals surface area contributed by atoms with Crippen molar-refractivity contribution in [3.63, 3.8) is 0 Å². The van der Waals surface area contributed by atoms with Crippen molar-refractivity contribution in [2.45, 2.75) is 20.8 Å². The molecule has 15 heavy (non-hydrogen) atoms. The molecule has 0 unspecified atom stereocenters. The lowest BCUT2D eigenvalue weighted by molar-refractivity contribution is -0.114. The van der Waals surface area contributed by atoms with E-state index < -0.39 is 0 Å². The second-order valence-electron chi connectivity index (χ2n) is 3.54. The summed E-state index contributed by atoms with van der Waals surface area (Å²) in [7, 11) is 1.80. The molecular weight excluding hydrogens is 190 g/mol. The van der Waals surface area contributed by atoms with E-state index >= 15 is 0 Å². The maximum absolute atomic E-state index is 11.0. The van der Waals surface area contributed by atoms with Crippen molar-refractivity contribution in [1.82, 2.24) is 5.43 Å². The van der Waals surface area contributed by atoms with Gasteiger partial charge in [0.2, 0.25) is 5.91 Å². The molecule has 0 aliphatic carbocycles. The molecule has 0 bridgehead atoms. The van der Waals surface area contributed by atoms with E-state index in [1.807, 2.05) is 26.0 Å². The third-order valence-corrected chi connectivity index (χ3v) is 2.14. The summed E-state index contributed by atoms with van der Waals surface area (Å²) in [5, 5.41) is 2.79. The quantitative estimate of drug-likeness (QED) is 0.662. The number of carbonyl (C=O) groups excluding carboxylic acids is 1. The molecule has 0 spiro atoms. The van der Waals surface area contributed by atoms with E-state index in [1.165, 1.54) is 6.92 Å². The Kier molecular flexibility index (Phi) is 3.68. The van der Waals surface area contributed by atoms with E-state index in [1.54, 1.807) is 7.05 Å². The molecule has 0 aliphatic heterocycles. The van der Waals surface area contributed by atoms with Crippen LogP contribution in [0.25, 0.3) is 0 Å². The number of amides is 1. The zero-order valence-corrected chi connectivity index (χ0v) is 9.56. The third kappa shape index (κ3) is 2.95. The number of nitrogens with one attached hydrogen (secondary N) is 3. The van der Waals surface area contributed by atoms with Crippen LogP contribution in [0.15, 0.2) is 12.1 Å². The smallest absolute Gasteiger partial charge is 0.221 e. The average molecular weight is 207 g/mol. The summed E-state index contributed by atoms with van der Waals surface area (Å²) in [6.07, 6.45) is 0. The van der Waals surface area contributed by atoms with Gasteiger partial charge >= 0.3 is 0 Å². The summed E-state index contributed by atoms with van der Waals surface area (Å²) >= 11 is 0. The van der Waals surface area contributed by atoms with Crippen LogP contribution in [-0.4, -0.2) is 13.0 Å². The van der Waals surface area contributed by atoms with Crippen molar-refractivity contribution >= 4 is 17.3 Å². The number of anilines is 2. The number of carbonyl (C=O) groups is 1. The molecule has 3 N–H and O–H groups in total.